The number of hydrogen-bond acceptors (Lipinski definition) is 1. The molecule has 82 valence electrons. The Morgan fingerprint density at radius 3 is 2.87 bits per heavy atom. The maximum Gasteiger partial charge on any atom is -0.00771 e. The predicted molar refractivity (Wildman–Crippen MR) is 65.2 cm³/mol. The van der Waals surface area contributed by atoms with Gasteiger partial charge in [0.2, 0.25) is 0 Å². The Morgan fingerprint density at radius 1 is 1.27 bits per heavy atom. The lowest BCUT2D eigenvalue weighted by Crippen LogP contribution is -2.02. The number of nitrogens with two attached hydrogens (primary N) is 1. The topological polar surface area (TPSA) is 26.0 Å². The van der Waals surface area contributed by atoms with Gasteiger partial charge in [-0.1, -0.05) is 25.1 Å². The van der Waals surface area contributed by atoms with Gasteiger partial charge in [-0.25, -0.2) is 0 Å². The highest BCUT2D eigenvalue weighted by Crippen LogP contribution is 2.27. The molecule has 1 aliphatic rings. The molecule has 0 saturated heterocycles. The molecule has 1 atom stereocenters. The molecule has 2 rings (SSSR count). The van der Waals surface area contributed by atoms with Crippen molar-refractivity contribution in [2.24, 2.45) is 5.73 Å². The fourth-order valence-electron chi connectivity index (χ4n) is 2.49. The Kier molecular flexibility index (Phi) is 3.42. The Morgan fingerprint density at radius 2 is 2.07 bits per heavy atom. The van der Waals surface area contributed by atoms with Gasteiger partial charge in [0.1, 0.15) is 0 Å². The van der Waals surface area contributed by atoms with Gasteiger partial charge >= 0.3 is 0 Å². The van der Waals surface area contributed by atoms with Gasteiger partial charge in [0.25, 0.3) is 0 Å². The van der Waals surface area contributed by atoms with E-state index in [4.69, 9.17) is 5.73 Å². The molecule has 0 saturated carbocycles. The van der Waals surface area contributed by atoms with Gasteiger partial charge in [-0.05, 0) is 61.3 Å². The van der Waals surface area contributed by atoms with Crippen LogP contribution in [0.1, 0.15) is 48.8 Å². The van der Waals surface area contributed by atoms with Crippen molar-refractivity contribution in [1.82, 2.24) is 0 Å². The molecule has 1 unspecified atom stereocenters. The van der Waals surface area contributed by atoms with Crippen LogP contribution in [0, 0.1) is 0 Å². The third kappa shape index (κ3) is 2.40. The van der Waals surface area contributed by atoms with Crippen LogP contribution in [-0.4, -0.2) is 6.54 Å². The SMILES string of the molecule is CC(CCCN)c1ccc2c(c1)CCC2. The van der Waals surface area contributed by atoms with E-state index in [1.54, 1.807) is 11.1 Å². The van der Waals surface area contributed by atoms with Gasteiger partial charge in [0, 0.05) is 0 Å². The Hall–Kier alpha value is -0.820. The molecule has 2 N–H and O–H groups in total. The molecule has 0 bridgehead atoms. The van der Waals surface area contributed by atoms with Gasteiger partial charge < -0.3 is 5.73 Å². The van der Waals surface area contributed by atoms with Crippen LogP contribution in [0.25, 0.3) is 0 Å². The van der Waals surface area contributed by atoms with Crippen LogP contribution in [0.4, 0.5) is 0 Å². The Labute approximate surface area is 92.7 Å². The standard InChI is InChI=1S/C14H21N/c1-11(4-3-9-15)13-8-7-12-5-2-6-14(12)10-13/h7-8,10-11H,2-6,9,15H2,1H3. The first-order valence-corrected chi connectivity index (χ1v) is 6.13. The molecule has 1 aromatic carbocycles. The minimum absolute atomic E-state index is 0.666. The summed E-state index contributed by atoms with van der Waals surface area (Å²) in [5, 5.41) is 0. The summed E-state index contributed by atoms with van der Waals surface area (Å²) in [5.41, 5.74) is 10.2. The van der Waals surface area contributed by atoms with Gasteiger partial charge in [-0.3, -0.25) is 0 Å². The zero-order chi connectivity index (χ0) is 10.7. The summed E-state index contributed by atoms with van der Waals surface area (Å²) in [6, 6.07) is 7.06. The maximum atomic E-state index is 5.55. The summed E-state index contributed by atoms with van der Waals surface area (Å²) in [6.45, 7) is 3.13. The second kappa shape index (κ2) is 4.80. The molecule has 0 heterocycles. The summed E-state index contributed by atoms with van der Waals surface area (Å²) in [7, 11) is 0. The third-order valence-electron chi connectivity index (χ3n) is 3.53. The fraction of sp³-hybridized carbons (Fsp3) is 0.571. The molecule has 1 heteroatoms. The van der Waals surface area contributed by atoms with Crippen molar-refractivity contribution in [3.8, 4) is 0 Å². The van der Waals surface area contributed by atoms with Crippen molar-refractivity contribution in [2.75, 3.05) is 6.54 Å². The molecule has 1 aromatic rings. The van der Waals surface area contributed by atoms with E-state index in [-0.39, 0.29) is 0 Å². The summed E-state index contributed by atoms with van der Waals surface area (Å²) in [6.07, 6.45) is 6.27. The summed E-state index contributed by atoms with van der Waals surface area (Å²) in [4.78, 5) is 0. The molecular formula is C14H21N. The highest BCUT2D eigenvalue weighted by molar-refractivity contribution is 5.36. The smallest absolute Gasteiger partial charge is 0.00771 e. The van der Waals surface area contributed by atoms with Crippen molar-refractivity contribution >= 4 is 0 Å². The van der Waals surface area contributed by atoms with Crippen LogP contribution < -0.4 is 5.73 Å². The van der Waals surface area contributed by atoms with E-state index in [1.165, 1.54) is 31.2 Å². The molecule has 0 spiro atoms. The number of hydrogen-bond donors (Lipinski definition) is 1. The molecule has 0 radical (unpaired) electrons. The highest BCUT2D eigenvalue weighted by Gasteiger charge is 2.12. The highest BCUT2D eigenvalue weighted by atomic mass is 14.5. The van der Waals surface area contributed by atoms with E-state index in [2.05, 4.69) is 25.1 Å². The predicted octanol–water partition coefficient (Wildman–Crippen LogP) is 3.02. The quantitative estimate of drug-likeness (QED) is 0.799. The molecule has 0 amide bonds. The summed E-state index contributed by atoms with van der Waals surface area (Å²) >= 11 is 0. The average molecular weight is 203 g/mol. The third-order valence-corrected chi connectivity index (χ3v) is 3.53. The second-order valence-electron chi connectivity index (χ2n) is 4.71. The van der Waals surface area contributed by atoms with E-state index < -0.39 is 0 Å². The lowest BCUT2D eigenvalue weighted by Gasteiger charge is -2.12. The number of aryl methyl sites for hydroxylation is 2. The van der Waals surface area contributed by atoms with Crippen molar-refractivity contribution < 1.29 is 0 Å². The Balaban J connectivity index is 2.08. The van der Waals surface area contributed by atoms with Crippen molar-refractivity contribution in [3.63, 3.8) is 0 Å². The van der Waals surface area contributed by atoms with Crippen LogP contribution in [-0.2, 0) is 12.8 Å². The maximum absolute atomic E-state index is 5.55. The second-order valence-corrected chi connectivity index (χ2v) is 4.71. The molecule has 0 aromatic heterocycles. The van der Waals surface area contributed by atoms with E-state index in [0.717, 1.165) is 13.0 Å². The van der Waals surface area contributed by atoms with Gasteiger partial charge in [0.05, 0.1) is 0 Å². The van der Waals surface area contributed by atoms with Crippen LogP contribution in [0.3, 0.4) is 0 Å². The van der Waals surface area contributed by atoms with Crippen molar-refractivity contribution in [1.29, 1.82) is 0 Å². The average Bonchev–Trinajstić information content (AvgIpc) is 2.72. The summed E-state index contributed by atoms with van der Waals surface area (Å²) < 4.78 is 0. The van der Waals surface area contributed by atoms with Crippen LogP contribution >= 0.6 is 0 Å². The number of fused-ring (bicyclic) bond motifs is 1. The first kappa shape index (κ1) is 10.7. The zero-order valence-corrected chi connectivity index (χ0v) is 9.63. The van der Waals surface area contributed by atoms with Crippen molar-refractivity contribution in [2.45, 2.75) is 44.9 Å². The largest absolute Gasteiger partial charge is 0.330 e. The van der Waals surface area contributed by atoms with E-state index in [9.17, 15) is 0 Å². The van der Waals surface area contributed by atoms with E-state index >= 15 is 0 Å². The minimum atomic E-state index is 0.666. The monoisotopic (exact) mass is 203 g/mol. The van der Waals surface area contributed by atoms with Gasteiger partial charge in [-0.15, -0.1) is 0 Å². The molecule has 0 fully saturated rings. The lowest BCUT2D eigenvalue weighted by atomic mass is 9.93. The number of rotatable bonds is 4. The first-order valence-electron chi connectivity index (χ1n) is 6.13. The van der Waals surface area contributed by atoms with Crippen molar-refractivity contribution in [3.05, 3.63) is 34.9 Å². The first-order chi connectivity index (χ1) is 7.31. The number of benzene rings is 1. The molecule has 15 heavy (non-hydrogen) atoms. The molecule has 1 aliphatic carbocycles. The normalized spacial score (nSPS) is 16.4. The van der Waals surface area contributed by atoms with Crippen LogP contribution in [0.2, 0.25) is 0 Å². The fourth-order valence-corrected chi connectivity index (χ4v) is 2.49. The zero-order valence-electron chi connectivity index (χ0n) is 9.63. The molecular weight excluding hydrogens is 182 g/mol. The minimum Gasteiger partial charge on any atom is -0.330 e. The van der Waals surface area contributed by atoms with Crippen LogP contribution in [0.15, 0.2) is 18.2 Å². The molecule has 1 nitrogen and oxygen atoms in total. The van der Waals surface area contributed by atoms with E-state index in [1.807, 2.05) is 0 Å². The van der Waals surface area contributed by atoms with Gasteiger partial charge in [-0.2, -0.15) is 0 Å². The van der Waals surface area contributed by atoms with E-state index in [0.29, 0.717) is 5.92 Å². The van der Waals surface area contributed by atoms with Gasteiger partial charge in [0.15, 0.2) is 0 Å². The summed E-state index contributed by atoms with van der Waals surface area (Å²) in [5.74, 6) is 0.666. The Bertz CT molecular complexity index is 330. The molecule has 0 aliphatic heterocycles. The van der Waals surface area contributed by atoms with Crippen LogP contribution in [0.5, 0.6) is 0 Å². The lowest BCUT2D eigenvalue weighted by molar-refractivity contribution is 0.640.